The number of halogens is 1. The Bertz CT molecular complexity index is 659. The van der Waals surface area contributed by atoms with Crippen molar-refractivity contribution in [2.75, 3.05) is 6.61 Å². The summed E-state index contributed by atoms with van der Waals surface area (Å²) in [6, 6.07) is 16.5. The van der Waals surface area contributed by atoms with E-state index in [2.05, 4.69) is 10.5 Å². The molecule has 0 heterocycles. The SMILES string of the molecule is N/C(=N\OCC(=O)NCc1ccccc1Cl)c1ccccc1. The lowest BCUT2D eigenvalue weighted by Crippen LogP contribution is -2.27. The van der Waals surface area contributed by atoms with E-state index in [0.717, 1.165) is 11.1 Å². The van der Waals surface area contributed by atoms with Gasteiger partial charge in [0.15, 0.2) is 12.4 Å². The minimum atomic E-state index is -0.301. The van der Waals surface area contributed by atoms with Crippen LogP contribution < -0.4 is 11.1 Å². The van der Waals surface area contributed by atoms with Crippen LogP contribution in [-0.4, -0.2) is 18.3 Å². The van der Waals surface area contributed by atoms with Crippen LogP contribution in [0.25, 0.3) is 0 Å². The van der Waals surface area contributed by atoms with Gasteiger partial charge in [0.25, 0.3) is 5.91 Å². The number of nitrogens with one attached hydrogen (secondary N) is 1. The smallest absolute Gasteiger partial charge is 0.261 e. The maximum absolute atomic E-state index is 11.7. The molecule has 5 nitrogen and oxygen atoms in total. The molecular formula is C16H16ClN3O2. The second-order valence-electron chi connectivity index (χ2n) is 4.48. The highest BCUT2D eigenvalue weighted by molar-refractivity contribution is 6.31. The first-order valence-electron chi connectivity index (χ1n) is 6.68. The van der Waals surface area contributed by atoms with E-state index in [1.54, 1.807) is 18.2 Å². The second-order valence-corrected chi connectivity index (χ2v) is 4.89. The Morgan fingerprint density at radius 1 is 1.14 bits per heavy atom. The van der Waals surface area contributed by atoms with E-state index in [0.29, 0.717) is 11.6 Å². The van der Waals surface area contributed by atoms with Crippen molar-refractivity contribution < 1.29 is 9.63 Å². The quantitative estimate of drug-likeness (QED) is 0.487. The van der Waals surface area contributed by atoms with Crippen LogP contribution in [0.15, 0.2) is 59.8 Å². The Morgan fingerprint density at radius 2 is 1.82 bits per heavy atom. The zero-order valence-corrected chi connectivity index (χ0v) is 12.6. The number of hydrogen-bond acceptors (Lipinski definition) is 3. The molecule has 2 aromatic carbocycles. The van der Waals surface area contributed by atoms with E-state index in [9.17, 15) is 4.79 Å². The molecule has 2 rings (SSSR count). The normalized spacial score (nSPS) is 11.0. The maximum atomic E-state index is 11.7. The predicted molar refractivity (Wildman–Crippen MR) is 86.4 cm³/mol. The molecule has 0 saturated heterocycles. The molecule has 0 saturated carbocycles. The second kappa shape index (κ2) is 8.05. The van der Waals surface area contributed by atoms with Gasteiger partial charge in [0.1, 0.15) is 0 Å². The monoisotopic (exact) mass is 317 g/mol. The molecule has 0 spiro atoms. The molecule has 0 unspecified atom stereocenters. The molecule has 2 aromatic rings. The Labute approximate surface area is 133 Å². The van der Waals surface area contributed by atoms with Gasteiger partial charge in [-0.15, -0.1) is 0 Å². The summed E-state index contributed by atoms with van der Waals surface area (Å²) in [5.41, 5.74) is 7.31. The van der Waals surface area contributed by atoms with Gasteiger partial charge in [0, 0.05) is 17.1 Å². The molecule has 0 fully saturated rings. The van der Waals surface area contributed by atoms with Gasteiger partial charge < -0.3 is 15.9 Å². The van der Waals surface area contributed by atoms with Gasteiger partial charge in [0.05, 0.1) is 0 Å². The van der Waals surface area contributed by atoms with Gasteiger partial charge in [-0.3, -0.25) is 4.79 Å². The number of amidine groups is 1. The van der Waals surface area contributed by atoms with Gasteiger partial charge in [-0.05, 0) is 11.6 Å². The molecule has 0 radical (unpaired) electrons. The zero-order valence-electron chi connectivity index (χ0n) is 11.8. The van der Waals surface area contributed by atoms with E-state index < -0.39 is 0 Å². The van der Waals surface area contributed by atoms with Crippen molar-refractivity contribution in [2.24, 2.45) is 10.9 Å². The van der Waals surface area contributed by atoms with Crippen LogP contribution in [-0.2, 0) is 16.2 Å². The summed E-state index contributed by atoms with van der Waals surface area (Å²) in [6.07, 6.45) is 0. The summed E-state index contributed by atoms with van der Waals surface area (Å²) in [5, 5.41) is 7.02. The number of carbonyl (C=O) groups is 1. The Balaban J connectivity index is 1.77. The van der Waals surface area contributed by atoms with Gasteiger partial charge in [-0.2, -0.15) is 0 Å². The van der Waals surface area contributed by atoms with Crippen molar-refractivity contribution in [1.82, 2.24) is 5.32 Å². The first kappa shape index (κ1) is 15.9. The molecular weight excluding hydrogens is 302 g/mol. The van der Waals surface area contributed by atoms with Crippen molar-refractivity contribution >= 4 is 23.3 Å². The molecule has 0 aromatic heterocycles. The lowest BCUT2D eigenvalue weighted by molar-refractivity contribution is -0.125. The van der Waals surface area contributed by atoms with Crippen molar-refractivity contribution in [3.05, 3.63) is 70.7 Å². The summed E-state index contributed by atoms with van der Waals surface area (Å²) in [6.45, 7) is 0.123. The van der Waals surface area contributed by atoms with Crippen LogP contribution in [0, 0.1) is 0 Å². The van der Waals surface area contributed by atoms with Gasteiger partial charge in [-0.1, -0.05) is 65.3 Å². The molecule has 0 aliphatic heterocycles. The lowest BCUT2D eigenvalue weighted by atomic mass is 10.2. The van der Waals surface area contributed by atoms with Crippen LogP contribution >= 0.6 is 11.6 Å². The van der Waals surface area contributed by atoms with Crippen LogP contribution in [0.1, 0.15) is 11.1 Å². The van der Waals surface area contributed by atoms with Crippen molar-refractivity contribution in [3.8, 4) is 0 Å². The number of carbonyl (C=O) groups excluding carboxylic acids is 1. The average molecular weight is 318 g/mol. The fraction of sp³-hybridized carbons (Fsp3) is 0.125. The zero-order chi connectivity index (χ0) is 15.8. The highest BCUT2D eigenvalue weighted by Crippen LogP contribution is 2.14. The maximum Gasteiger partial charge on any atom is 0.261 e. The molecule has 22 heavy (non-hydrogen) atoms. The number of benzene rings is 2. The molecule has 3 N–H and O–H groups in total. The van der Waals surface area contributed by atoms with E-state index in [1.165, 1.54) is 0 Å². The Kier molecular flexibility index (Phi) is 5.80. The van der Waals surface area contributed by atoms with E-state index in [4.69, 9.17) is 22.2 Å². The summed E-state index contributed by atoms with van der Waals surface area (Å²) in [7, 11) is 0. The summed E-state index contributed by atoms with van der Waals surface area (Å²) in [4.78, 5) is 16.6. The third-order valence-corrected chi connectivity index (χ3v) is 3.23. The Morgan fingerprint density at radius 3 is 2.55 bits per heavy atom. The van der Waals surface area contributed by atoms with Crippen LogP contribution in [0.2, 0.25) is 5.02 Å². The average Bonchev–Trinajstić information content (AvgIpc) is 2.55. The first-order valence-corrected chi connectivity index (χ1v) is 7.05. The van der Waals surface area contributed by atoms with Crippen molar-refractivity contribution in [2.45, 2.75) is 6.54 Å². The third-order valence-electron chi connectivity index (χ3n) is 2.86. The number of oxime groups is 1. The largest absolute Gasteiger partial charge is 0.384 e. The molecule has 1 amide bonds. The van der Waals surface area contributed by atoms with Crippen molar-refractivity contribution in [1.29, 1.82) is 0 Å². The minimum absolute atomic E-state index is 0.210. The number of rotatable bonds is 6. The van der Waals surface area contributed by atoms with E-state index in [1.807, 2.05) is 36.4 Å². The third kappa shape index (κ3) is 4.79. The first-order chi connectivity index (χ1) is 10.7. The minimum Gasteiger partial charge on any atom is -0.384 e. The number of amides is 1. The molecule has 0 bridgehead atoms. The van der Waals surface area contributed by atoms with Gasteiger partial charge in [0.2, 0.25) is 0 Å². The summed E-state index contributed by atoms with van der Waals surface area (Å²) >= 11 is 6.00. The van der Waals surface area contributed by atoms with E-state index >= 15 is 0 Å². The summed E-state index contributed by atoms with van der Waals surface area (Å²) in [5.74, 6) is -0.0796. The molecule has 0 atom stereocenters. The topological polar surface area (TPSA) is 76.7 Å². The predicted octanol–water partition coefficient (Wildman–Crippen LogP) is 2.29. The Hall–Kier alpha value is -2.53. The van der Waals surface area contributed by atoms with Crippen LogP contribution in [0.4, 0.5) is 0 Å². The molecule has 6 heteroatoms. The highest BCUT2D eigenvalue weighted by Gasteiger charge is 2.04. The van der Waals surface area contributed by atoms with Crippen LogP contribution in [0.5, 0.6) is 0 Å². The van der Waals surface area contributed by atoms with Gasteiger partial charge >= 0.3 is 0 Å². The molecule has 0 aliphatic rings. The standard InChI is InChI=1S/C16H16ClN3O2/c17-14-9-5-4-8-13(14)10-19-15(21)11-22-20-16(18)12-6-2-1-3-7-12/h1-9H,10-11H2,(H2,18,20)(H,19,21). The highest BCUT2D eigenvalue weighted by atomic mass is 35.5. The van der Waals surface area contributed by atoms with Crippen molar-refractivity contribution in [3.63, 3.8) is 0 Å². The van der Waals surface area contributed by atoms with Crippen LogP contribution in [0.3, 0.4) is 0 Å². The van der Waals surface area contributed by atoms with Gasteiger partial charge in [-0.25, -0.2) is 0 Å². The lowest BCUT2D eigenvalue weighted by Gasteiger charge is -2.06. The summed E-state index contributed by atoms with van der Waals surface area (Å²) < 4.78 is 0. The fourth-order valence-electron chi connectivity index (χ4n) is 1.71. The number of hydrogen-bond donors (Lipinski definition) is 2. The molecule has 114 valence electrons. The molecule has 0 aliphatic carbocycles. The number of nitrogens with zero attached hydrogens (tertiary/aromatic N) is 1. The fourth-order valence-corrected chi connectivity index (χ4v) is 1.91. The van der Waals surface area contributed by atoms with E-state index in [-0.39, 0.29) is 18.3 Å². The number of nitrogens with two attached hydrogens (primary N) is 1.